The van der Waals surface area contributed by atoms with Gasteiger partial charge in [0.2, 0.25) is 29.6 Å². The summed E-state index contributed by atoms with van der Waals surface area (Å²) < 4.78 is 42.8. The highest BCUT2D eigenvalue weighted by molar-refractivity contribution is 5.72. The monoisotopic (exact) mass is 1930 g/mol. The van der Waals surface area contributed by atoms with Crippen LogP contribution in [0.1, 0.15) is 239 Å². The molecule has 8 atom stereocenters. The Hall–Kier alpha value is -14.9. The number of pyridine rings is 5. The van der Waals surface area contributed by atoms with Crippen LogP contribution in [-0.4, -0.2) is 203 Å². The number of aliphatic carboxylic acids is 4. The van der Waals surface area contributed by atoms with Crippen molar-refractivity contribution >= 4 is 41.7 Å². The van der Waals surface area contributed by atoms with Gasteiger partial charge in [-0.05, 0) is 215 Å². The molecule has 12 aromatic rings. The highest BCUT2D eigenvalue weighted by atomic mass is 16.5. The lowest BCUT2D eigenvalue weighted by molar-refractivity contribution is -0.144. The van der Waals surface area contributed by atoms with E-state index in [-0.39, 0.29) is 59.4 Å². The summed E-state index contributed by atoms with van der Waals surface area (Å²) in [5, 5.41) is 87.7. The van der Waals surface area contributed by atoms with Crippen LogP contribution < -0.4 is 44.0 Å². The average Bonchev–Trinajstić information content (AvgIpc) is 1.72. The van der Waals surface area contributed by atoms with Crippen LogP contribution in [0.5, 0.6) is 34.8 Å². The summed E-state index contributed by atoms with van der Waals surface area (Å²) in [4.78, 5) is 97.6. The molecule has 5 saturated carbocycles. The molecular weight excluding hydrogens is 1800 g/mol. The van der Waals surface area contributed by atoms with Crippen molar-refractivity contribution in [2.45, 2.75) is 259 Å². The Balaban J connectivity index is 0.000000150. The Labute approximate surface area is 817 Å². The highest BCUT2D eigenvalue weighted by Crippen LogP contribution is 2.39. The van der Waals surface area contributed by atoms with Gasteiger partial charge in [0.15, 0.2) is 11.4 Å². The van der Waals surface area contributed by atoms with Crippen molar-refractivity contribution in [3.63, 3.8) is 0 Å². The van der Waals surface area contributed by atoms with Crippen molar-refractivity contribution in [2.24, 2.45) is 51.9 Å². The maximum Gasteiger partial charge on any atom is 0.306 e. The van der Waals surface area contributed by atoms with E-state index < -0.39 is 29.8 Å². The molecule has 0 aliphatic heterocycles. The van der Waals surface area contributed by atoms with E-state index in [4.69, 9.17) is 43.4 Å². The van der Waals surface area contributed by atoms with E-state index in [1.165, 1.54) is 0 Å². The number of anilines is 3. The van der Waals surface area contributed by atoms with Crippen LogP contribution >= 0.6 is 0 Å². The standard InChI is InChI=1S/C25H30N8O3.C25H31N7O4.C25H33N7O3.C25H31N5O4/c1-25(2,3)21-10-11-27-24(30-21)28-14-19-22(31-32-33(19)4)17-8-9-20(18(13-26)29-17)36-16-7-5-6-15(12-16)23(34)35;1-15-21(35-18-6-4-5-16(13-18)24(33)34)10-9-19(27-15)23-20(32(3)30-29-23)14-31(2)25-26-12-11-22(28-25)36-17-7-8-17;1-5-18-22(35-17-8-6-7-16(13-17)24(33)34)10-9-20(28-18)23-21(32(4)31-30-23)14-27-25-26-12-11-19(29-25)15(2)3;1-4-13-33-23-10-6-8-18(27-23)15-21-24(28-29-30(21)3)20-11-12-22(16(2)26-20)34-19-9-5-7-17(14-19)25(31)32/h8-11,15-16H,5-7,12,14H2,1-4H3,(H,34,35)(H,27,28,30);9-12,16-18H,4-8,13-14H2,1-3H3,(H,33,34);9-12,15-17H,5-8,13-14H2,1-4H3,(H,33,34)(H,26,27,29);6,8,10-12,17,19H,4-5,7,9,13-15H2,1-3H3,(H,31,32)/t15-,16-;16-,18-;16-,17-;17-,19-/m0000/s1. The second-order valence-corrected chi connectivity index (χ2v) is 37.6. The first-order valence-corrected chi connectivity index (χ1v) is 48.3. The largest absolute Gasteiger partial charge is 0.489 e. The molecule has 17 rings (SSSR count). The zero-order valence-electron chi connectivity index (χ0n) is 82.3. The zero-order chi connectivity index (χ0) is 100. The fourth-order valence-corrected chi connectivity index (χ4v) is 17.3. The quantitative estimate of drug-likeness (QED) is 0.0218. The average molecular weight is 1930 g/mol. The molecule has 5 aliphatic carbocycles. The number of aromatic nitrogens is 23. The van der Waals surface area contributed by atoms with Crippen LogP contribution in [0.4, 0.5) is 17.8 Å². The van der Waals surface area contributed by atoms with Gasteiger partial charge in [0, 0.05) is 83.5 Å². The molecule has 0 aromatic carbocycles. The van der Waals surface area contributed by atoms with E-state index in [1.807, 2.05) is 121 Å². The summed E-state index contributed by atoms with van der Waals surface area (Å²) in [6, 6.07) is 28.2. The molecule has 41 nitrogen and oxygen atoms in total. The number of hydrogen-bond donors (Lipinski definition) is 6. The normalized spacial score (nSPS) is 18.4. The number of aryl methyl sites for hydroxylation is 7. The second-order valence-electron chi connectivity index (χ2n) is 37.6. The van der Waals surface area contributed by atoms with E-state index in [2.05, 4.69) is 139 Å². The molecular formula is C100H125N27O14. The van der Waals surface area contributed by atoms with Crippen molar-refractivity contribution in [3.8, 4) is 86.4 Å². The van der Waals surface area contributed by atoms with Gasteiger partial charge in [-0.2, -0.15) is 10.2 Å². The van der Waals surface area contributed by atoms with Crippen LogP contribution in [0.3, 0.4) is 0 Å². The molecule has 41 heteroatoms. The van der Waals surface area contributed by atoms with E-state index in [0.717, 1.165) is 128 Å². The molecule has 141 heavy (non-hydrogen) atoms. The third-order valence-corrected chi connectivity index (χ3v) is 25.4. The third-order valence-electron chi connectivity index (χ3n) is 25.4. The molecule has 0 saturated heterocycles. The lowest BCUT2D eigenvalue weighted by atomic mass is 9.87. The minimum absolute atomic E-state index is 0.105. The van der Waals surface area contributed by atoms with Gasteiger partial charge in [0.25, 0.3) is 0 Å². The summed E-state index contributed by atoms with van der Waals surface area (Å²) in [7, 11) is 9.25. The van der Waals surface area contributed by atoms with E-state index in [9.17, 15) is 44.9 Å². The van der Waals surface area contributed by atoms with Crippen molar-refractivity contribution in [2.75, 3.05) is 29.2 Å². The van der Waals surface area contributed by atoms with Gasteiger partial charge in [0.05, 0.1) is 148 Å². The van der Waals surface area contributed by atoms with Crippen LogP contribution in [0.15, 0.2) is 104 Å². The number of nitrogens with zero attached hydrogens (tertiary/aromatic N) is 25. The molecule has 5 aliphatic rings. The van der Waals surface area contributed by atoms with E-state index in [0.29, 0.717) is 195 Å². The summed E-state index contributed by atoms with van der Waals surface area (Å²) >= 11 is 0. The van der Waals surface area contributed by atoms with Crippen molar-refractivity contribution < 1.29 is 68.0 Å². The fraction of sp³-hybridized carbons (Fsp3) is 0.500. The molecule has 744 valence electrons. The van der Waals surface area contributed by atoms with Crippen LogP contribution in [0, 0.1) is 48.9 Å². The first kappa shape index (κ1) is 102. The Kier molecular flexibility index (Phi) is 34.1. The molecule has 0 bridgehead atoms. The number of hydrogen-bond acceptors (Lipinski definition) is 33. The van der Waals surface area contributed by atoms with Gasteiger partial charge in [-0.15, -0.1) is 20.4 Å². The van der Waals surface area contributed by atoms with Gasteiger partial charge in [0.1, 0.15) is 52.2 Å². The van der Waals surface area contributed by atoms with E-state index >= 15 is 0 Å². The summed E-state index contributed by atoms with van der Waals surface area (Å²) in [5.41, 5.74) is 13.6. The smallest absolute Gasteiger partial charge is 0.306 e. The van der Waals surface area contributed by atoms with Crippen LogP contribution in [0.2, 0.25) is 0 Å². The summed E-state index contributed by atoms with van der Waals surface area (Å²) in [5.74, 6) is 0.998. The Morgan fingerprint density at radius 1 is 0.475 bits per heavy atom. The van der Waals surface area contributed by atoms with Crippen molar-refractivity contribution in [3.05, 3.63) is 166 Å². The number of nitrogens with one attached hydrogen (secondary N) is 2. The van der Waals surface area contributed by atoms with Crippen LogP contribution in [-0.2, 0) is 85.3 Å². The Morgan fingerprint density at radius 3 is 1.39 bits per heavy atom. The number of carboxylic acid groups (broad SMARTS) is 4. The molecule has 12 heterocycles. The minimum atomic E-state index is -0.809. The van der Waals surface area contributed by atoms with Gasteiger partial charge in [-0.25, -0.2) is 63.9 Å². The molecule has 6 N–H and O–H groups in total. The summed E-state index contributed by atoms with van der Waals surface area (Å²) in [6.45, 7) is 20.2. The number of rotatable bonds is 34. The van der Waals surface area contributed by atoms with Gasteiger partial charge < -0.3 is 64.4 Å². The molecule has 0 spiro atoms. The number of carbonyl (C=O) groups is 4. The first-order chi connectivity index (χ1) is 67.8. The molecule has 12 aromatic heterocycles. The second kappa shape index (κ2) is 47.2. The lowest BCUT2D eigenvalue weighted by Crippen LogP contribution is -2.29. The molecule has 0 amide bonds. The Bertz CT molecular complexity index is 6360. The SMILES string of the molecule is CCCOc1cccc(Cc2c(-c3ccc(O[C@H]4CCC[C@H](C(=O)O)C4)c(C)n3)nnn2C)n1.CCc1nc(-c2nnn(C)c2CNc2nccc(C(C)C)n2)ccc1O[C@H]1CCC[C@H](C(=O)O)C1.Cc1nc(-c2nnn(C)c2CN(C)c2nccc(OC3CC3)n2)ccc1O[C@H]1CCC[C@H](C(=O)O)C1.Cn1nnc(-c2ccc(O[C@H]3CCC[C@H](C(=O)O)C3)c(C#N)n2)c1CNc1nccc(C(C)(C)C)n1. The molecule has 0 radical (unpaired) electrons. The third kappa shape index (κ3) is 27.2. The van der Waals surface area contributed by atoms with Gasteiger partial charge >= 0.3 is 23.9 Å². The maximum absolute atomic E-state index is 11.4. The highest BCUT2D eigenvalue weighted by Gasteiger charge is 2.35. The van der Waals surface area contributed by atoms with Crippen molar-refractivity contribution in [1.29, 1.82) is 5.26 Å². The maximum atomic E-state index is 11.4. The van der Waals surface area contributed by atoms with Gasteiger partial charge in [-0.3, -0.25) is 23.9 Å². The number of carboxylic acids is 4. The zero-order valence-corrected chi connectivity index (χ0v) is 82.3. The fourth-order valence-electron chi connectivity index (χ4n) is 17.3. The van der Waals surface area contributed by atoms with Crippen molar-refractivity contribution in [1.82, 2.24) is 115 Å². The molecule has 5 fully saturated rings. The van der Waals surface area contributed by atoms with E-state index in [1.54, 1.807) is 62.6 Å². The molecule has 0 unspecified atom stereocenters. The number of ether oxygens (including phenoxy) is 6. The van der Waals surface area contributed by atoms with Crippen LogP contribution in [0.25, 0.3) is 45.6 Å². The predicted octanol–water partition coefficient (Wildman–Crippen LogP) is 14.6. The Morgan fingerprint density at radius 2 is 0.915 bits per heavy atom. The predicted molar refractivity (Wildman–Crippen MR) is 519 cm³/mol. The lowest BCUT2D eigenvalue weighted by Gasteiger charge is -2.28. The minimum Gasteiger partial charge on any atom is -0.489 e. The summed E-state index contributed by atoms with van der Waals surface area (Å²) in [6.07, 6.45) is 20.5. The number of nitriles is 1. The topological polar surface area (TPSA) is 520 Å². The first-order valence-electron chi connectivity index (χ1n) is 48.3. The van der Waals surface area contributed by atoms with Gasteiger partial charge in [-0.1, -0.05) is 75.4 Å².